The maximum atomic E-state index is 12.9. The van der Waals surface area contributed by atoms with Crippen molar-refractivity contribution in [3.8, 4) is 5.75 Å². The molecule has 0 bridgehead atoms. The Morgan fingerprint density at radius 2 is 1.85 bits per heavy atom. The van der Waals surface area contributed by atoms with Crippen LogP contribution in [0.5, 0.6) is 5.75 Å². The highest BCUT2D eigenvalue weighted by Gasteiger charge is 2.39. The molecule has 0 N–H and O–H groups in total. The standard InChI is InChI=1S/C23H18O4/c1-13-6-4-7-14(12-13)19-20-16(24)9-5-11-18(20)26-22-15-8-2-3-10-17(15)27-23(25)21(19)22/h2-4,6-8,10,12,19H,5,9,11H2,1H3. The van der Waals surface area contributed by atoms with Crippen molar-refractivity contribution in [1.29, 1.82) is 0 Å². The highest BCUT2D eigenvalue weighted by molar-refractivity contribution is 6.00. The summed E-state index contributed by atoms with van der Waals surface area (Å²) in [5, 5.41) is 0.759. The summed E-state index contributed by atoms with van der Waals surface area (Å²) in [5.74, 6) is 0.834. The molecule has 5 rings (SSSR count). The van der Waals surface area contributed by atoms with Crippen molar-refractivity contribution < 1.29 is 13.9 Å². The molecule has 0 amide bonds. The van der Waals surface area contributed by atoms with Gasteiger partial charge in [-0.05, 0) is 31.0 Å². The average Bonchev–Trinajstić information content (AvgIpc) is 2.67. The van der Waals surface area contributed by atoms with Crippen molar-refractivity contribution in [1.82, 2.24) is 0 Å². The molecule has 1 aromatic heterocycles. The third-order valence-corrected chi connectivity index (χ3v) is 5.39. The molecule has 3 aromatic rings. The summed E-state index contributed by atoms with van der Waals surface area (Å²) < 4.78 is 11.8. The maximum Gasteiger partial charge on any atom is 0.344 e. The predicted octanol–water partition coefficient (Wildman–Crippen LogP) is 4.63. The first-order valence-electron chi connectivity index (χ1n) is 9.20. The monoisotopic (exact) mass is 358 g/mol. The number of benzene rings is 2. The van der Waals surface area contributed by atoms with E-state index < -0.39 is 11.5 Å². The molecule has 2 aromatic carbocycles. The Labute approximate surface area is 156 Å². The second kappa shape index (κ2) is 5.95. The molecule has 1 atom stereocenters. The van der Waals surface area contributed by atoms with E-state index in [0.717, 1.165) is 22.9 Å². The Bertz CT molecular complexity index is 1180. The summed E-state index contributed by atoms with van der Waals surface area (Å²) in [4.78, 5) is 25.8. The van der Waals surface area contributed by atoms with Gasteiger partial charge in [-0.15, -0.1) is 0 Å². The molecule has 1 unspecified atom stereocenters. The zero-order valence-corrected chi connectivity index (χ0v) is 15.0. The fraction of sp³-hybridized carbons (Fsp3) is 0.217. The van der Waals surface area contributed by atoms with Gasteiger partial charge in [0.2, 0.25) is 0 Å². The van der Waals surface area contributed by atoms with Crippen LogP contribution in [-0.2, 0) is 4.79 Å². The van der Waals surface area contributed by atoms with Crippen LogP contribution in [0, 0.1) is 6.92 Å². The van der Waals surface area contributed by atoms with E-state index in [1.54, 1.807) is 6.07 Å². The van der Waals surface area contributed by atoms with Gasteiger partial charge in [0.05, 0.1) is 16.9 Å². The topological polar surface area (TPSA) is 56.5 Å². The number of ketones is 1. The molecule has 1 aliphatic carbocycles. The lowest BCUT2D eigenvalue weighted by Crippen LogP contribution is -2.29. The second-order valence-electron chi connectivity index (χ2n) is 7.19. The molecule has 134 valence electrons. The number of carbonyl (C=O) groups excluding carboxylic acids is 1. The van der Waals surface area contributed by atoms with Gasteiger partial charge in [-0.1, -0.05) is 42.0 Å². The summed E-state index contributed by atoms with van der Waals surface area (Å²) in [7, 11) is 0. The number of aryl methyl sites for hydroxylation is 1. The molecule has 0 spiro atoms. The lowest BCUT2D eigenvalue weighted by molar-refractivity contribution is -0.116. The van der Waals surface area contributed by atoms with Crippen LogP contribution in [0.4, 0.5) is 0 Å². The van der Waals surface area contributed by atoms with Crippen LogP contribution in [0.25, 0.3) is 11.0 Å². The normalized spacial score (nSPS) is 18.9. The van der Waals surface area contributed by atoms with Crippen molar-refractivity contribution in [2.24, 2.45) is 0 Å². The molecule has 4 heteroatoms. The Morgan fingerprint density at radius 1 is 1.00 bits per heavy atom. The van der Waals surface area contributed by atoms with Crippen LogP contribution in [0.3, 0.4) is 0 Å². The number of fused-ring (bicyclic) bond motifs is 3. The molecule has 2 aliphatic rings. The van der Waals surface area contributed by atoms with Gasteiger partial charge in [-0.2, -0.15) is 0 Å². The number of para-hydroxylation sites is 1. The number of hydrogen-bond donors (Lipinski definition) is 0. The Balaban J connectivity index is 1.87. The Hall–Kier alpha value is -3.14. The average molecular weight is 358 g/mol. The van der Waals surface area contributed by atoms with Crippen LogP contribution in [0.2, 0.25) is 0 Å². The minimum absolute atomic E-state index is 0.0564. The zero-order chi connectivity index (χ0) is 18.5. The largest absolute Gasteiger partial charge is 0.460 e. The summed E-state index contributed by atoms with van der Waals surface area (Å²) in [6, 6.07) is 15.3. The van der Waals surface area contributed by atoms with Gasteiger partial charge < -0.3 is 9.15 Å². The number of hydrogen-bond acceptors (Lipinski definition) is 4. The fourth-order valence-corrected chi connectivity index (χ4v) is 4.21. The number of rotatable bonds is 1. The third-order valence-electron chi connectivity index (χ3n) is 5.39. The van der Waals surface area contributed by atoms with Crippen LogP contribution in [-0.4, -0.2) is 5.78 Å². The minimum atomic E-state index is -0.447. The molecular weight excluding hydrogens is 340 g/mol. The summed E-state index contributed by atoms with van der Waals surface area (Å²) in [6.07, 6.45) is 1.96. The van der Waals surface area contributed by atoms with Gasteiger partial charge in [0, 0.05) is 18.4 Å². The molecule has 0 radical (unpaired) electrons. The Kier molecular flexibility index (Phi) is 3.54. The fourth-order valence-electron chi connectivity index (χ4n) is 4.21. The van der Waals surface area contributed by atoms with Gasteiger partial charge in [0.15, 0.2) is 5.78 Å². The third kappa shape index (κ3) is 2.44. The summed E-state index contributed by atoms with van der Waals surface area (Å²) in [5.41, 5.74) is 3.09. The van der Waals surface area contributed by atoms with Crippen molar-refractivity contribution in [2.45, 2.75) is 32.1 Å². The van der Waals surface area contributed by atoms with E-state index in [9.17, 15) is 9.59 Å². The van der Waals surface area contributed by atoms with Crippen LogP contribution in [0.1, 0.15) is 41.9 Å². The zero-order valence-electron chi connectivity index (χ0n) is 15.0. The first kappa shape index (κ1) is 16.1. The molecule has 2 heterocycles. The van der Waals surface area contributed by atoms with Crippen molar-refractivity contribution in [3.05, 3.63) is 87.0 Å². The molecule has 1 aliphatic heterocycles. The van der Waals surface area contributed by atoms with E-state index in [1.807, 2.05) is 49.4 Å². The van der Waals surface area contributed by atoms with E-state index >= 15 is 0 Å². The molecular formula is C23H18O4. The number of allylic oxidation sites excluding steroid dienone is 2. The van der Waals surface area contributed by atoms with Gasteiger partial charge >= 0.3 is 5.63 Å². The SMILES string of the molecule is Cc1cccc(C2C3=C(CCCC3=O)Oc3c2c(=O)oc2ccccc32)c1. The van der Waals surface area contributed by atoms with Crippen LogP contribution < -0.4 is 10.4 Å². The molecule has 4 nitrogen and oxygen atoms in total. The van der Waals surface area contributed by atoms with Crippen LogP contribution in [0.15, 0.2) is 69.1 Å². The maximum absolute atomic E-state index is 12.9. The van der Waals surface area contributed by atoms with E-state index in [4.69, 9.17) is 9.15 Å². The molecule has 0 fully saturated rings. The van der Waals surface area contributed by atoms with E-state index in [2.05, 4.69) is 0 Å². The highest BCUT2D eigenvalue weighted by atomic mass is 16.5. The van der Waals surface area contributed by atoms with E-state index in [0.29, 0.717) is 41.1 Å². The first-order valence-corrected chi connectivity index (χ1v) is 9.20. The van der Waals surface area contributed by atoms with Gasteiger partial charge in [-0.3, -0.25) is 4.79 Å². The van der Waals surface area contributed by atoms with Crippen molar-refractivity contribution in [3.63, 3.8) is 0 Å². The summed E-state index contributed by atoms with van der Waals surface area (Å²) in [6.45, 7) is 2.00. The number of ether oxygens (including phenoxy) is 1. The molecule has 0 saturated heterocycles. The molecule has 0 saturated carbocycles. The summed E-state index contributed by atoms with van der Waals surface area (Å²) >= 11 is 0. The van der Waals surface area contributed by atoms with Crippen molar-refractivity contribution in [2.75, 3.05) is 0 Å². The van der Waals surface area contributed by atoms with Gasteiger partial charge in [0.25, 0.3) is 0 Å². The van der Waals surface area contributed by atoms with Crippen LogP contribution >= 0.6 is 0 Å². The van der Waals surface area contributed by atoms with Crippen molar-refractivity contribution >= 4 is 16.8 Å². The number of Topliss-reactive ketones (excluding diaryl/α,β-unsaturated/α-hetero) is 1. The van der Waals surface area contributed by atoms with E-state index in [-0.39, 0.29) is 5.78 Å². The quantitative estimate of drug-likeness (QED) is 0.595. The van der Waals surface area contributed by atoms with Gasteiger partial charge in [0.1, 0.15) is 17.1 Å². The predicted molar refractivity (Wildman–Crippen MR) is 102 cm³/mol. The second-order valence-corrected chi connectivity index (χ2v) is 7.19. The lowest BCUT2D eigenvalue weighted by Gasteiger charge is -2.32. The lowest BCUT2D eigenvalue weighted by atomic mass is 9.77. The highest BCUT2D eigenvalue weighted by Crippen LogP contribution is 2.47. The Morgan fingerprint density at radius 3 is 2.70 bits per heavy atom. The van der Waals surface area contributed by atoms with Gasteiger partial charge in [-0.25, -0.2) is 4.79 Å². The first-order chi connectivity index (χ1) is 13.1. The minimum Gasteiger partial charge on any atom is -0.460 e. The van der Waals surface area contributed by atoms with E-state index in [1.165, 1.54) is 0 Å². The molecule has 27 heavy (non-hydrogen) atoms. The smallest absolute Gasteiger partial charge is 0.344 e. The number of carbonyl (C=O) groups is 1.